The van der Waals surface area contributed by atoms with Crippen LogP contribution in [0.25, 0.3) is 0 Å². The summed E-state index contributed by atoms with van der Waals surface area (Å²) in [5.74, 6) is -1.26. The summed E-state index contributed by atoms with van der Waals surface area (Å²) in [5.41, 5.74) is -1.01. The van der Waals surface area contributed by atoms with Crippen molar-refractivity contribution in [2.45, 2.75) is 13.1 Å². The van der Waals surface area contributed by atoms with Gasteiger partial charge in [-0.1, -0.05) is 12.2 Å². The van der Waals surface area contributed by atoms with Gasteiger partial charge in [-0.15, -0.1) is 0 Å². The van der Waals surface area contributed by atoms with Crippen LogP contribution in [0, 0.1) is 5.82 Å². The summed E-state index contributed by atoms with van der Waals surface area (Å²) >= 11 is 0. The third kappa shape index (κ3) is 3.25. The topological polar surface area (TPSA) is 12.0 Å². The van der Waals surface area contributed by atoms with Crippen molar-refractivity contribution in [2.75, 3.05) is 11.9 Å². The monoisotopic (exact) mass is 233 g/mol. The van der Waals surface area contributed by atoms with Crippen LogP contribution in [-0.4, -0.2) is 6.54 Å². The molecule has 0 aromatic heterocycles. The van der Waals surface area contributed by atoms with E-state index in [1.165, 1.54) is 6.07 Å². The van der Waals surface area contributed by atoms with Gasteiger partial charge in [-0.05, 0) is 25.1 Å². The molecule has 1 rings (SSSR count). The Labute approximate surface area is 90.8 Å². The Morgan fingerprint density at radius 1 is 1.31 bits per heavy atom. The SMILES string of the molecule is CC=CCNc1ccc(F)c(C(F)(F)F)c1. The molecule has 1 N–H and O–H groups in total. The van der Waals surface area contributed by atoms with E-state index < -0.39 is 17.6 Å². The van der Waals surface area contributed by atoms with Crippen LogP contribution < -0.4 is 5.32 Å². The summed E-state index contributed by atoms with van der Waals surface area (Å²) in [6.45, 7) is 2.20. The van der Waals surface area contributed by atoms with E-state index in [0.717, 1.165) is 12.1 Å². The summed E-state index contributed by atoms with van der Waals surface area (Å²) in [5, 5.41) is 2.73. The minimum Gasteiger partial charge on any atom is -0.382 e. The Kier molecular flexibility index (Phi) is 3.93. The molecule has 88 valence electrons. The van der Waals surface area contributed by atoms with Crippen molar-refractivity contribution in [3.63, 3.8) is 0 Å². The second kappa shape index (κ2) is 5.01. The molecule has 1 aromatic rings. The summed E-state index contributed by atoms with van der Waals surface area (Å²) < 4.78 is 49.9. The zero-order valence-corrected chi connectivity index (χ0v) is 8.61. The molecule has 16 heavy (non-hydrogen) atoms. The lowest BCUT2D eigenvalue weighted by molar-refractivity contribution is -0.139. The molecule has 0 saturated carbocycles. The highest BCUT2D eigenvalue weighted by molar-refractivity contribution is 5.47. The zero-order chi connectivity index (χ0) is 12.2. The molecule has 0 radical (unpaired) electrons. The first-order valence-corrected chi connectivity index (χ1v) is 4.67. The van der Waals surface area contributed by atoms with Crippen molar-refractivity contribution in [1.29, 1.82) is 0 Å². The number of hydrogen-bond donors (Lipinski definition) is 1. The van der Waals surface area contributed by atoms with Crippen molar-refractivity contribution in [3.8, 4) is 0 Å². The molecule has 0 amide bonds. The number of alkyl halides is 3. The van der Waals surface area contributed by atoms with Gasteiger partial charge in [0.1, 0.15) is 5.82 Å². The predicted octanol–water partition coefficient (Wildman–Crippen LogP) is 3.83. The molecule has 0 atom stereocenters. The van der Waals surface area contributed by atoms with E-state index in [-0.39, 0.29) is 5.69 Å². The van der Waals surface area contributed by atoms with Gasteiger partial charge in [0.2, 0.25) is 0 Å². The molecular formula is C11H11F4N. The maximum absolute atomic E-state index is 12.9. The van der Waals surface area contributed by atoms with Crippen LogP contribution >= 0.6 is 0 Å². The van der Waals surface area contributed by atoms with Gasteiger partial charge < -0.3 is 5.32 Å². The van der Waals surface area contributed by atoms with Gasteiger partial charge in [-0.25, -0.2) is 4.39 Å². The molecule has 1 nitrogen and oxygen atoms in total. The molecule has 0 aliphatic rings. The maximum atomic E-state index is 12.9. The van der Waals surface area contributed by atoms with Crippen LogP contribution in [0.3, 0.4) is 0 Å². The third-order valence-electron chi connectivity index (χ3n) is 1.93. The van der Waals surface area contributed by atoms with Crippen molar-refractivity contribution in [1.82, 2.24) is 0 Å². The van der Waals surface area contributed by atoms with Crippen molar-refractivity contribution >= 4 is 5.69 Å². The van der Waals surface area contributed by atoms with E-state index in [1.54, 1.807) is 19.1 Å². The fraction of sp³-hybridized carbons (Fsp3) is 0.273. The van der Waals surface area contributed by atoms with Crippen LogP contribution in [-0.2, 0) is 6.18 Å². The number of allylic oxidation sites excluding steroid dienone is 1. The molecule has 1 aromatic carbocycles. The highest BCUT2D eigenvalue weighted by Crippen LogP contribution is 2.32. The molecule has 0 spiro atoms. The number of rotatable bonds is 3. The zero-order valence-electron chi connectivity index (χ0n) is 8.61. The average molecular weight is 233 g/mol. The van der Waals surface area contributed by atoms with Gasteiger partial charge in [0.25, 0.3) is 0 Å². The van der Waals surface area contributed by atoms with Gasteiger partial charge in [-0.3, -0.25) is 0 Å². The second-order valence-electron chi connectivity index (χ2n) is 3.14. The van der Waals surface area contributed by atoms with Gasteiger partial charge in [-0.2, -0.15) is 13.2 Å². The Balaban J connectivity index is 2.90. The predicted molar refractivity (Wildman–Crippen MR) is 54.7 cm³/mol. The maximum Gasteiger partial charge on any atom is 0.419 e. The van der Waals surface area contributed by atoms with Crippen LogP contribution in [0.15, 0.2) is 30.4 Å². The Morgan fingerprint density at radius 3 is 2.56 bits per heavy atom. The number of nitrogens with one attached hydrogen (secondary N) is 1. The summed E-state index contributed by atoms with van der Waals surface area (Å²) in [7, 11) is 0. The summed E-state index contributed by atoms with van der Waals surface area (Å²) in [6.07, 6.45) is -1.15. The van der Waals surface area contributed by atoms with Crippen LogP contribution in [0.1, 0.15) is 12.5 Å². The molecule has 0 bridgehead atoms. The van der Waals surface area contributed by atoms with Crippen LogP contribution in [0.4, 0.5) is 23.2 Å². The first-order valence-electron chi connectivity index (χ1n) is 4.67. The van der Waals surface area contributed by atoms with Gasteiger partial charge in [0, 0.05) is 12.2 Å². The first-order chi connectivity index (χ1) is 7.45. The number of halogens is 4. The van der Waals surface area contributed by atoms with Gasteiger partial charge in [0.15, 0.2) is 0 Å². The van der Waals surface area contributed by atoms with Crippen LogP contribution in [0.2, 0.25) is 0 Å². The van der Waals surface area contributed by atoms with E-state index in [0.29, 0.717) is 6.54 Å². The molecule has 0 aliphatic heterocycles. The molecule has 0 fully saturated rings. The van der Waals surface area contributed by atoms with E-state index in [9.17, 15) is 17.6 Å². The molecule has 5 heteroatoms. The smallest absolute Gasteiger partial charge is 0.382 e. The highest BCUT2D eigenvalue weighted by Gasteiger charge is 2.34. The highest BCUT2D eigenvalue weighted by atomic mass is 19.4. The van der Waals surface area contributed by atoms with E-state index in [4.69, 9.17) is 0 Å². The standard InChI is InChI=1S/C11H11F4N/c1-2-3-6-16-8-4-5-10(12)9(7-8)11(13,14)15/h2-5,7,16H,6H2,1H3. The molecule has 0 heterocycles. The average Bonchev–Trinajstić information content (AvgIpc) is 2.19. The first kappa shape index (κ1) is 12.5. The van der Waals surface area contributed by atoms with Gasteiger partial charge in [0.05, 0.1) is 5.56 Å². The van der Waals surface area contributed by atoms with Crippen LogP contribution in [0.5, 0.6) is 0 Å². The normalized spacial score (nSPS) is 12.1. The summed E-state index contributed by atoms with van der Waals surface area (Å²) in [6, 6.07) is 2.84. The Bertz CT molecular complexity index is 382. The third-order valence-corrected chi connectivity index (χ3v) is 1.93. The van der Waals surface area contributed by atoms with Crippen molar-refractivity contribution in [3.05, 3.63) is 41.7 Å². The Morgan fingerprint density at radius 2 is 2.00 bits per heavy atom. The van der Waals surface area contributed by atoms with E-state index in [1.807, 2.05) is 0 Å². The number of anilines is 1. The van der Waals surface area contributed by atoms with E-state index in [2.05, 4.69) is 5.32 Å². The minimum atomic E-state index is -4.66. The van der Waals surface area contributed by atoms with Crippen molar-refractivity contribution < 1.29 is 17.6 Å². The lowest BCUT2D eigenvalue weighted by Gasteiger charge is -2.10. The number of hydrogen-bond acceptors (Lipinski definition) is 1. The Hall–Kier alpha value is -1.52. The molecule has 0 aliphatic carbocycles. The largest absolute Gasteiger partial charge is 0.419 e. The second-order valence-corrected chi connectivity index (χ2v) is 3.14. The van der Waals surface area contributed by atoms with Gasteiger partial charge >= 0.3 is 6.18 Å². The fourth-order valence-electron chi connectivity index (χ4n) is 1.15. The summed E-state index contributed by atoms with van der Waals surface area (Å²) in [4.78, 5) is 0. The van der Waals surface area contributed by atoms with E-state index >= 15 is 0 Å². The number of benzene rings is 1. The molecule has 0 unspecified atom stereocenters. The molecular weight excluding hydrogens is 222 g/mol. The minimum absolute atomic E-state index is 0.242. The quantitative estimate of drug-likeness (QED) is 0.618. The fourth-order valence-corrected chi connectivity index (χ4v) is 1.15. The lowest BCUT2D eigenvalue weighted by Crippen LogP contribution is -2.09. The van der Waals surface area contributed by atoms with Crippen molar-refractivity contribution in [2.24, 2.45) is 0 Å². The lowest BCUT2D eigenvalue weighted by atomic mass is 10.2. The molecule has 0 saturated heterocycles.